The van der Waals surface area contributed by atoms with Gasteiger partial charge in [-0.3, -0.25) is 0 Å². The van der Waals surface area contributed by atoms with E-state index in [1.807, 2.05) is 38.4 Å². The van der Waals surface area contributed by atoms with Crippen molar-refractivity contribution in [2.45, 2.75) is 100 Å². The summed E-state index contributed by atoms with van der Waals surface area (Å²) in [6, 6.07) is 12.2. The van der Waals surface area contributed by atoms with E-state index in [0.29, 0.717) is 24.3 Å². The number of esters is 2. The molecular formula is C41H58N2O4Se2. The molecule has 4 rings (SSSR count). The molecule has 6 nitrogen and oxygen atoms in total. The molecule has 0 fully saturated rings. The average molecular weight is 801 g/mol. The van der Waals surface area contributed by atoms with Crippen LogP contribution in [0.3, 0.4) is 0 Å². The zero-order valence-electron chi connectivity index (χ0n) is 31.4. The van der Waals surface area contributed by atoms with Gasteiger partial charge in [-0.05, 0) is 0 Å². The van der Waals surface area contributed by atoms with Crippen molar-refractivity contribution in [3.8, 4) is 11.5 Å². The summed E-state index contributed by atoms with van der Waals surface area (Å²) in [7, 11) is 3.93. The van der Waals surface area contributed by atoms with E-state index < -0.39 is 0 Å². The molecule has 0 aliphatic heterocycles. The Morgan fingerprint density at radius 2 is 0.959 bits per heavy atom. The van der Waals surface area contributed by atoms with E-state index in [0.717, 1.165) is 56.0 Å². The van der Waals surface area contributed by atoms with Gasteiger partial charge in [0.2, 0.25) is 0 Å². The Morgan fingerprint density at radius 3 is 1.33 bits per heavy atom. The van der Waals surface area contributed by atoms with E-state index in [9.17, 15) is 9.59 Å². The first-order valence-electron chi connectivity index (χ1n) is 17.6. The molecule has 0 bridgehead atoms. The maximum atomic E-state index is 13.4. The van der Waals surface area contributed by atoms with Crippen molar-refractivity contribution in [2.24, 2.45) is 21.7 Å². The van der Waals surface area contributed by atoms with Gasteiger partial charge in [-0.25, -0.2) is 0 Å². The molecule has 49 heavy (non-hydrogen) atoms. The number of fused-ring (bicyclic) bond motifs is 2. The molecule has 2 heterocycles. The molecule has 268 valence electrons. The van der Waals surface area contributed by atoms with Crippen molar-refractivity contribution in [1.29, 1.82) is 0 Å². The Kier molecular flexibility index (Phi) is 13.3. The summed E-state index contributed by atoms with van der Waals surface area (Å²) in [5, 5.41) is 8.71. The summed E-state index contributed by atoms with van der Waals surface area (Å²) < 4.78 is 14.7. The van der Waals surface area contributed by atoms with Crippen molar-refractivity contribution in [3.05, 3.63) is 57.4 Å². The monoisotopic (exact) mass is 802 g/mol. The van der Waals surface area contributed by atoms with Crippen LogP contribution in [0, 0.1) is 21.7 Å². The first kappa shape index (κ1) is 39.6. The van der Waals surface area contributed by atoms with E-state index in [1.54, 1.807) is 0 Å². The fourth-order valence-corrected chi connectivity index (χ4v) is 12.8. The minimum absolute atomic E-state index is 0.0220. The van der Waals surface area contributed by atoms with Crippen LogP contribution in [0.25, 0.3) is 19.3 Å². The van der Waals surface area contributed by atoms with Crippen LogP contribution in [0.2, 0.25) is 0 Å². The van der Waals surface area contributed by atoms with Gasteiger partial charge in [-0.15, -0.1) is 0 Å². The van der Waals surface area contributed by atoms with Gasteiger partial charge in [0.25, 0.3) is 0 Å². The first-order valence-corrected chi connectivity index (χ1v) is 21.3. The zero-order valence-corrected chi connectivity index (χ0v) is 34.9. The van der Waals surface area contributed by atoms with Crippen LogP contribution in [0.4, 0.5) is 0 Å². The van der Waals surface area contributed by atoms with Gasteiger partial charge in [0.15, 0.2) is 0 Å². The Labute approximate surface area is 306 Å². The van der Waals surface area contributed by atoms with Gasteiger partial charge < -0.3 is 0 Å². The molecule has 0 saturated heterocycles. The number of hydrogen-bond acceptors (Lipinski definition) is 6. The number of carbonyl (C=O) groups is 2. The third kappa shape index (κ3) is 11.4. The number of rotatable bonds is 18. The number of ether oxygens (including phenoxy) is 2. The molecule has 2 aromatic heterocycles. The molecule has 0 saturated carbocycles. The van der Waals surface area contributed by atoms with Crippen LogP contribution in [0.5, 0.6) is 11.5 Å². The first-order chi connectivity index (χ1) is 22.9. The van der Waals surface area contributed by atoms with Crippen molar-refractivity contribution in [2.75, 3.05) is 27.2 Å². The third-order valence-electron chi connectivity index (χ3n) is 9.13. The topological polar surface area (TPSA) is 76.7 Å². The van der Waals surface area contributed by atoms with E-state index >= 15 is 0 Å². The quantitative estimate of drug-likeness (QED) is 0.0601. The van der Waals surface area contributed by atoms with Crippen molar-refractivity contribution < 1.29 is 19.1 Å². The molecule has 0 aliphatic carbocycles. The van der Waals surface area contributed by atoms with Crippen LogP contribution in [-0.2, 0) is 22.4 Å². The van der Waals surface area contributed by atoms with Crippen LogP contribution in [0.1, 0.15) is 98.6 Å². The van der Waals surface area contributed by atoms with E-state index in [-0.39, 0.29) is 62.6 Å². The molecule has 0 unspecified atom stereocenters. The van der Waals surface area contributed by atoms with E-state index in [4.69, 9.17) is 9.47 Å². The molecule has 2 N–H and O–H groups in total. The number of hydrogen-bond donors (Lipinski definition) is 2. The molecule has 0 atom stereocenters. The molecule has 0 amide bonds. The second kappa shape index (κ2) is 16.4. The summed E-state index contributed by atoms with van der Waals surface area (Å²) >= 11 is 0.559. The van der Waals surface area contributed by atoms with Gasteiger partial charge in [-0.2, -0.15) is 0 Å². The fourth-order valence-electron chi connectivity index (χ4n) is 8.53. The van der Waals surface area contributed by atoms with Crippen LogP contribution >= 0.6 is 0 Å². The predicted molar refractivity (Wildman–Crippen MR) is 207 cm³/mol. The van der Waals surface area contributed by atoms with Gasteiger partial charge in [-0.1, -0.05) is 0 Å². The predicted octanol–water partition coefficient (Wildman–Crippen LogP) is 8.20. The summed E-state index contributed by atoms with van der Waals surface area (Å²) in [4.78, 5) is 31.4. The van der Waals surface area contributed by atoms with Crippen LogP contribution in [0.15, 0.2) is 46.3 Å². The summed E-state index contributed by atoms with van der Waals surface area (Å²) in [5.41, 5.74) is 2.04. The van der Waals surface area contributed by atoms with Crippen LogP contribution in [-0.4, -0.2) is 68.1 Å². The maximum absolute atomic E-state index is 13.4. The summed E-state index contributed by atoms with van der Waals surface area (Å²) in [6.45, 7) is 19.8. The summed E-state index contributed by atoms with van der Waals surface area (Å²) in [6.07, 6.45) is 5.31. The standard InChI is InChI=1S/C41H58N2O4Se2/c1-38(2,21-34(44)46-30-13-11-15-32-36(30)28(23-48-32)17-19-42-9)25-40(5,6)27-41(7,8)26-39(3,4)22-35(45)47-31-14-12-16-33-37(31)29(24-49-33)18-20-43-10/h11-16,23-24,42-43H,17-22,25-27H2,1-10H3. The number of likely N-dealkylation sites (N-methyl/N-ethyl adjacent to an activating group) is 2. The number of carbonyl (C=O) groups excluding carboxylic acids is 2. The van der Waals surface area contributed by atoms with Crippen molar-refractivity contribution >= 4 is 60.2 Å². The molecule has 4 aromatic rings. The number of nitrogens with one attached hydrogen (secondary N) is 2. The third-order valence-corrected chi connectivity index (χ3v) is 13.3. The van der Waals surface area contributed by atoms with Crippen molar-refractivity contribution in [1.82, 2.24) is 10.6 Å². The molecule has 0 aliphatic rings. The SMILES string of the molecule is CNCCc1c[se]c2cccc(OC(=O)CC(C)(C)CC(C)(C)CC(C)(C)CC(C)(C)CC(=O)Oc3cccc4[se]cc(CCNC)c34)c12. The molecule has 8 heteroatoms. The Morgan fingerprint density at radius 1 is 0.592 bits per heavy atom. The van der Waals surface area contributed by atoms with E-state index in [2.05, 4.69) is 88.0 Å². The second-order valence-electron chi connectivity index (χ2n) is 17.0. The zero-order chi connectivity index (χ0) is 36.0. The van der Waals surface area contributed by atoms with E-state index in [1.165, 1.54) is 19.6 Å². The Bertz CT molecular complexity index is 1600. The second-order valence-corrected chi connectivity index (χ2v) is 20.8. The Hall–Kier alpha value is -2.18. The molecule has 2 aromatic carbocycles. The average Bonchev–Trinajstić information content (AvgIpc) is 3.57. The van der Waals surface area contributed by atoms with Crippen LogP contribution < -0.4 is 20.1 Å². The normalized spacial score (nSPS) is 12.9. The minimum atomic E-state index is -0.236. The fraction of sp³-hybridized carbons (Fsp3) is 0.561. The van der Waals surface area contributed by atoms with Gasteiger partial charge in [0.1, 0.15) is 0 Å². The van der Waals surface area contributed by atoms with Gasteiger partial charge >= 0.3 is 308 Å². The molecule has 0 spiro atoms. The van der Waals surface area contributed by atoms with Crippen molar-refractivity contribution in [3.63, 3.8) is 0 Å². The van der Waals surface area contributed by atoms with Gasteiger partial charge in [0.05, 0.1) is 0 Å². The van der Waals surface area contributed by atoms with Gasteiger partial charge in [0, 0.05) is 0 Å². The molecule has 0 radical (unpaired) electrons. The Balaban J connectivity index is 1.34. The summed E-state index contributed by atoms with van der Waals surface area (Å²) in [5.74, 6) is 1.05. The molecular weight excluding hydrogens is 742 g/mol. The number of benzene rings is 2.